The topological polar surface area (TPSA) is 83.5 Å². The number of hydrogen-bond donors (Lipinski definition) is 1. The van der Waals surface area contributed by atoms with Crippen LogP contribution in [0.5, 0.6) is 5.75 Å². The van der Waals surface area contributed by atoms with Crippen LogP contribution >= 0.6 is 0 Å². The van der Waals surface area contributed by atoms with E-state index < -0.39 is 0 Å². The van der Waals surface area contributed by atoms with Crippen LogP contribution in [0.1, 0.15) is 34.3 Å². The molecule has 2 unspecified atom stereocenters. The van der Waals surface area contributed by atoms with Crippen LogP contribution in [0.15, 0.2) is 65.7 Å². The number of morpholine rings is 1. The lowest BCUT2D eigenvalue weighted by Gasteiger charge is -2.41. The molecule has 2 atom stereocenters. The van der Waals surface area contributed by atoms with Gasteiger partial charge < -0.3 is 24.6 Å². The Kier molecular flexibility index (Phi) is 7.37. The molecule has 192 valence electrons. The molecule has 2 aromatic carbocycles. The number of nitrogens with one attached hydrogen (secondary N) is 1. The molecular weight excluding hydrogens is 468 g/mol. The Bertz CT molecular complexity index is 1230. The van der Waals surface area contributed by atoms with E-state index in [-0.39, 0.29) is 24.1 Å². The van der Waals surface area contributed by atoms with Gasteiger partial charge in [-0.15, -0.1) is 0 Å². The van der Waals surface area contributed by atoms with Crippen molar-refractivity contribution in [3.8, 4) is 5.75 Å². The Morgan fingerprint density at radius 3 is 2.68 bits per heavy atom. The number of benzene rings is 2. The number of aliphatic imine (C=N–C) groups is 1. The lowest BCUT2D eigenvalue weighted by Crippen LogP contribution is -2.51. The first-order valence-electron chi connectivity index (χ1n) is 12.7. The molecular formula is C29H32N4O4. The van der Waals surface area contributed by atoms with E-state index in [4.69, 9.17) is 14.5 Å². The van der Waals surface area contributed by atoms with Crippen molar-refractivity contribution in [3.63, 3.8) is 0 Å². The first-order chi connectivity index (χ1) is 18.1. The van der Waals surface area contributed by atoms with Crippen molar-refractivity contribution in [3.05, 3.63) is 77.4 Å². The molecule has 0 spiro atoms. The smallest absolute Gasteiger partial charge is 0.255 e. The van der Waals surface area contributed by atoms with Crippen molar-refractivity contribution in [2.24, 2.45) is 4.99 Å². The number of carbonyl (C=O) groups excluding carboxylic acids is 2. The van der Waals surface area contributed by atoms with Crippen LogP contribution in [-0.2, 0) is 16.1 Å². The maximum atomic E-state index is 13.0. The minimum absolute atomic E-state index is 0.0272. The van der Waals surface area contributed by atoms with Gasteiger partial charge in [0, 0.05) is 43.6 Å². The molecule has 0 aliphatic carbocycles. The van der Waals surface area contributed by atoms with Gasteiger partial charge in [0.1, 0.15) is 11.9 Å². The van der Waals surface area contributed by atoms with Crippen molar-refractivity contribution in [1.82, 2.24) is 10.2 Å². The Labute approximate surface area is 217 Å². The molecule has 0 saturated carbocycles. The molecule has 2 aromatic rings. The van der Waals surface area contributed by atoms with Crippen LogP contribution in [0.2, 0.25) is 0 Å². The van der Waals surface area contributed by atoms with E-state index in [1.165, 1.54) is 0 Å². The van der Waals surface area contributed by atoms with Crippen LogP contribution in [0, 0.1) is 0 Å². The molecule has 2 fully saturated rings. The number of carbonyl (C=O) groups is 2. The van der Waals surface area contributed by atoms with Crippen molar-refractivity contribution in [2.75, 3.05) is 38.3 Å². The number of methoxy groups -OCH3 is 1. The Hall–Kier alpha value is -3.91. The third-order valence-corrected chi connectivity index (χ3v) is 7.05. The fraction of sp³-hybridized carbons (Fsp3) is 0.345. The number of nitrogens with zero attached hydrogens (tertiary/aromatic N) is 3. The normalized spacial score (nSPS) is 20.7. The second-order valence-electron chi connectivity index (χ2n) is 9.35. The molecule has 0 aromatic heterocycles. The van der Waals surface area contributed by atoms with Crippen LogP contribution < -0.4 is 15.0 Å². The fourth-order valence-electron chi connectivity index (χ4n) is 5.00. The lowest BCUT2D eigenvalue weighted by atomic mass is 10.0. The van der Waals surface area contributed by atoms with Gasteiger partial charge in [-0.25, -0.2) is 0 Å². The fourth-order valence-corrected chi connectivity index (χ4v) is 5.00. The molecule has 8 heteroatoms. The predicted octanol–water partition coefficient (Wildman–Crippen LogP) is 3.43. The minimum atomic E-state index is -0.306. The van der Waals surface area contributed by atoms with Gasteiger partial charge in [0.05, 0.1) is 19.3 Å². The molecule has 2 amide bonds. The van der Waals surface area contributed by atoms with Gasteiger partial charge in [-0.3, -0.25) is 14.6 Å². The van der Waals surface area contributed by atoms with Gasteiger partial charge in [-0.2, -0.15) is 0 Å². The van der Waals surface area contributed by atoms with Gasteiger partial charge in [-0.1, -0.05) is 24.8 Å². The van der Waals surface area contributed by atoms with E-state index in [1.807, 2.05) is 53.4 Å². The number of rotatable bonds is 7. The standard InChI is InChI=1S/C29H32N4O4/c1-3-21-16-23(8-11-25(21)28(34)31-18-20-6-9-24(36-2)10-7-20)33-14-15-37-26-17-22(19-30-27(26)33)29(35)32-12-4-5-13-32/h3,6-11,16-17,19,26-27H,1,4-5,12-15,18H2,2H3,(H,31,34). The molecule has 1 N–H and O–H groups in total. The zero-order valence-electron chi connectivity index (χ0n) is 21.1. The maximum absolute atomic E-state index is 13.0. The summed E-state index contributed by atoms with van der Waals surface area (Å²) in [6.45, 7) is 7.11. The summed E-state index contributed by atoms with van der Waals surface area (Å²) in [4.78, 5) is 34.5. The molecule has 8 nitrogen and oxygen atoms in total. The largest absolute Gasteiger partial charge is 0.497 e. The summed E-state index contributed by atoms with van der Waals surface area (Å²) in [7, 11) is 1.62. The molecule has 0 bridgehead atoms. The highest BCUT2D eigenvalue weighted by atomic mass is 16.5. The average Bonchev–Trinajstić information content (AvgIpc) is 3.50. The highest BCUT2D eigenvalue weighted by Gasteiger charge is 2.35. The SMILES string of the molecule is C=Cc1cc(N2CCOC3C=C(C(=O)N4CCCC4)C=NC32)ccc1C(=O)NCc1ccc(OC)cc1. The van der Waals surface area contributed by atoms with E-state index in [9.17, 15) is 9.59 Å². The summed E-state index contributed by atoms with van der Waals surface area (Å²) in [5.41, 5.74) is 3.81. The summed E-state index contributed by atoms with van der Waals surface area (Å²) >= 11 is 0. The molecule has 3 heterocycles. The van der Waals surface area contributed by atoms with Crippen molar-refractivity contribution >= 4 is 29.8 Å². The number of dihydropyridines is 1. The first-order valence-corrected chi connectivity index (χ1v) is 12.7. The number of amides is 2. The molecule has 3 aliphatic heterocycles. The predicted molar refractivity (Wildman–Crippen MR) is 144 cm³/mol. The molecule has 2 saturated heterocycles. The third kappa shape index (κ3) is 5.29. The van der Waals surface area contributed by atoms with Crippen LogP contribution in [0.25, 0.3) is 6.08 Å². The lowest BCUT2D eigenvalue weighted by molar-refractivity contribution is -0.125. The Balaban J connectivity index is 1.28. The first kappa shape index (κ1) is 24.8. The van der Waals surface area contributed by atoms with Gasteiger partial charge in [0.25, 0.3) is 11.8 Å². The molecule has 3 aliphatic rings. The van der Waals surface area contributed by atoms with Crippen molar-refractivity contribution in [1.29, 1.82) is 0 Å². The van der Waals surface area contributed by atoms with E-state index in [0.29, 0.717) is 30.8 Å². The summed E-state index contributed by atoms with van der Waals surface area (Å²) < 4.78 is 11.2. The highest BCUT2D eigenvalue weighted by molar-refractivity contribution is 6.12. The van der Waals surface area contributed by atoms with Gasteiger partial charge in [0.2, 0.25) is 0 Å². The van der Waals surface area contributed by atoms with Gasteiger partial charge in [0.15, 0.2) is 6.17 Å². The van der Waals surface area contributed by atoms with Crippen molar-refractivity contribution < 1.29 is 19.1 Å². The average molecular weight is 501 g/mol. The van der Waals surface area contributed by atoms with E-state index >= 15 is 0 Å². The Morgan fingerprint density at radius 1 is 1.16 bits per heavy atom. The minimum Gasteiger partial charge on any atom is -0.497 e. The van der Waals surface area contributed by atoms with Gasteiger partial charge >= 0.3 is 0 Å². The molecule has 0 radical (unpaired) electrons. The quantitative estimate of drug-likeness (QED) is 0.630. The second-order valence-corrected chi connectivity index (χ2v) is 9.35. The van der Waals surface area contributed by atoms with Crippen LogP contribution in [0.4, 0.5) is 5.69 Å². The number of hydrogen-bond acceptors (Lipinski definition) is 6. The Morgan fingerprint density at radius 2 is 1.95 bits per heavy atom. The zero-order valence-corrected chi connectivity index (χ0v) is 21.1. The number of anilines is 1. The molecule has 5 rings (SSSR count). The van der Waals surface area contributed by atoms with Gasteiger partial charge in [-0.05, 0) is 60.4 Å². The van der Waals surface area contributed by atoms with E-state index in [2.05, 4.69) is 16.8 Å². The number of likely N-dealkylation sites (tertiary alicyclic amines) is 1. The van der Waals surface area contributed by atoms with Crippen LogP contribution in [-0.4, -0.2) is 68.5 Å². The van der Waals surface area contributed by atoms with Crippen molar-refractivity contribution in [2.45, 2.75) is 31.7 Å². The monoisotopic (exact) mass is 500 g/mol. The summed E-state index contributed by atoms with van der Waals surface area (Å²) in [6, 6.07) is 13.3. The summed E-state index contributed by atoms with van der Waals surface area (Å²) in [5.74, 6) is 0.636. The second kappa shape index (κ2) is 11.0. The highest BCUT2D eigenvalue weighted by Crippen LogP contribution is 2.29. The van der Waals surface area contributed by atoms with Crippen LogP contribution in [0.3, 0.4) is 0 Å². The summed E-state index contributed by atoms with van der Waals surface area (Å²) in [5, 5.41) is 2.98. The number of ether oxygens (including phenoxy) is 2. The maximum Gasteiger partial charge on any atom is 0.255 e. The van der Waals surface area contributed by atoms with E-state index in [0.717, 1.165) is 48.5 Å². The third-order valence-electron chi connectivity index (χ3n) is 7.05. The van der Waals surface area contributed by atoms with E-state index in [1.54, 1.807) is 19.4 Å². The molecule has 37 heavy (non-hydrogen) atoms. The summed E-state index contributed by atoms with van der Waals surface area (Å²) in [6.07, 6.45) is 6.80. The zero-order chi connectivity index (χ0) is 25.8. The number of fused-ring (bicyclic) bond motifs is 1.